The third-order valence-corrected chi connectivity index (χ3v) is 19.8. The van der Waals surface area contributed by atoms with Gasteiger partial charge in [-0.05, 0) is 110 Å². The van der Waals surface area contributed by atoms with Crippen molar-refractivity contribution in [1.82, 2.24) is 74.0 Å². The van der Waals surface area contributed by atoms with E-state index in [9.17, 15) is 108 Å². The normalized spacial score (nSPS) is 20.8. The summed E-state index contributed by atoms with van der Waals surface area (Å²) in [5.41, 5.74) is 1.76. The quantitative estimate of drug-likeness (QED) is 0.0194. The fraction of sp³-hybridized carbons (Fsp3) is 0.427. The fourth-order valence-corrected chi connectivity index (χ4v) is 13.3. The number of aromatic hydroxyl groups is 3. The lowest BCUT2D eigenvalue weighted by molar-refractivity contribution is -0.143. The number of nitrogens with zero attached hydrogens (tertiary/aromatic N) is 1. The monoisotopic (exact) mass is 1700 g/mol. The maximum atomic E-state index is 15.4. The average molecular weight is 1700 g/mol. The van der Waals surface area contributed by atoms with E-state index >= 15 is 14.4 Å². The van der Waals surface area contributed by atoms with Crippen molar-refractivity contribution in [2.75, 3.05) is 33.4 Å². The molecule has 7 rings (SSSR count). The highest BCUT2D eigenvalue weighted by Gasteiger charge is 2.43. The van der Waals surface area contributed by atoms with Gasteiger partial charge >= 0.3 is 17.9 Å². The van der Waals surface area contributed by atoms with E-state index in [1.165, 1.54) is 84.9 Å². The number of nitrogens with one attached hydrogen (secondary N) is 13. The highest BCUT2D eigenvalue weighted by Crippen LogP contribution is 2.23. The van der Waals surface area contributed by atoms with Crippen molar-refractivity contribution in [3.05, 3.63) is 161 Å². The number of esters is 1. The average Bonchev–Trinajstić information content (AvgIpc) is 1.59. The standard InChI is InChI=1S/C82H102N14O26/c1-44(99)69(95-78(116)64(43-98)93-72(110)56(84-45(2)100)35-46-13-6-4-7-14-46)80(118)90-58(37-48-19-25-51(101)26-20-48)74(112)85-54-17-10-11-33-83-66(104)40-59(75(113)92-62(82(120)121)39-50-23-29-53(103)30-24-50)88-71(109)55(31-32-68(107)122-3)86-73(111)57(36-47-15-8-5-9-16-47)87-76(114)60(41-67(105)106)89-77(115)63(42-97)94-79(117)65-18-12-34-96(65)81(119)61(91-70(54)108)38-49-21-27-52(102)28-22-49/h4-9,13-16,19-30,44,54-65,69,97-99,101-103H,10-12,17-18,31-43H2,1-3H3,(H,83,104)(H,84,100)(H,85,112)(H,86,111)(H,87,114)(H,88,109)(H,89,115)(H,90,118)(H,91,108)(H,92,113)(H,93,110)(H,94,117)(H,95,116)(H,105,106)(H,120,121). The number of hydrogen-bond acceptors (Lipinski definition) is 24. The van der Waals surface area contributed by atoms with Crippen LogP contribution in [0.5, 0.6) is 17.2 Å². The number of benzene rings is 5. The molecule has 2 fully saturated rings. The summed E-state index contributed by atoms with van der Waals surface area (Å²) in [7, 11) is 1.00. The molecule has 2 aliphatic heterocycles. The smallest absolute Gasteiger partial charge is 0.326 e. The van der Waals surface area contributed by atoms with Crippen LogP contribution in [-0.4, -0.2) is 264 Å². The fourth-order valence-electron chi connectivity index (χ4n) is 13.3. The van der Waals surface area contributed by atoms with Gasteiger partial charge in [-0.3, -0.25) is 76.7 Å². The summed E-state index contributed by atoms with van der Waals surface area (Å²) < 4.78 is 4.80. The highest BCUT2D eigenvalue weighted by molar-refractivity contribution is 6.01. The first-order valence-corrected chi connectivity index (χ1v) is 39.1. The summed E-state index contributed by atoms with van der Waals surface area (Å²) in [5, 5.41) is 115. The Morgan fingerprint density at radius 3 is 1.54 bits per heavy atom. The summed E-state index contributed by atoms with van der Waals surface area (Å²) in [6.07, 6.45) is -7.88. The third kappa shape index (κ3) is 30.3. The number of rotatable bonds is 30. The molecule has 40 nitrogen and oxygen atoms in total. The first-order chi connectivity index (χ1) is 58.1. The molecule has 0 bridgehead atoms. The zero-order valence-corrected chi connectivity index (χ0v) is 66.9. The number of aliphatic hydroxyl groups excluding tert-OH is 3. The van der Waals surface area contributed by atoms with Crippen LogP contribution in [0.4, 0.5) is 0 Å². The molecule has 656 valence electrons. The Labute approximate surface area is 699 Å². The third-order valence-electron chi connectivity index (χ3n) is 19.8. The van der Waals surface area contributed by atoms with E-state index in [0.717, 1.165) is 25.9 Å². The number of phenols is 3. The molecule has 21 N–H and O–H groups in total. The Balaban J connectivity index is 1.28. The highest BCUT2D eigenvalue weighted by atomic mass is 16.5. The van der Waals surface area contributed by atoms with E-state index in [4.69, 9.17) is 4.74 Å². The van der Waals surface area contributed by atoms with Crippen LogP contribution in [-0.2, 0) is 118 Å². The molecule has 0 saturated carbocycles. The summed E-state index contributed by atoms with van der Waals surface area (Å²) in [6.45, 7) is -0.634. The molecule has 5 aromatic rings. The van der Waals surface area contributed by atoms with E-state index in [0.29, 0.717) is 16.7 Å². The van der Waals surface area contributed by atoms with Crippen LogP contribution in [0, 0.1) is 0 Å². The predicted octanol–water partition coefficient (Wildman–Crippen LogP) is -4.29. The minimum Gasteiger partial charge on any atom is -0.508 e. The van der Waals surface area contributed by atoms with Crippen molar-refractivity contribution in [3.8, 4) is 17.2 Å². The van der Waals surface area contributed by atoms with Gasteiger partial charge in [-0.25, -0.2) is 4.79 Å². The molecule has 5 aromatic carbocycles. The van der Waals surface area contributed by atoms with Gasteiger partial charge in [0, 0.05) is 58.5 Å². The number of hydrogen-bond donors (Lipinski definition) is 21. The molecule has 0 aromatic heterocycles. The van der Waals surface area contributed by atoms with Crippen LogP contribution in [0.1, 0.15) is 99.5 Å². The summed E-state index contributed by atoms with van der Waals surface area (Å²) in [5.74, 6) is -20.9. The lowest BCUT2D eigenvalue weighted by Gasteiger charge is -2.31. The number of carboxylic acids is 2. The topological polar surface area (TPSA) is 621 Å². The van der Waals surface area contributed by atoms with E-state index in [1.54, 1.807) is 48.5 Å². The number of carbonyl (C=O) groups excluding carboxylic acids is 15. The second-order valence-electron chi connectivity index (χ2n) is 29.2. The number of carboxylic acid groups (broad SMARTS) is 2. The molecule has 0 aliphatic carbocycles. The maximum Gasteiger partial charge on any atom is 0.326 e. The zero-order chi connectivity index (χ0) is 89.3. The van der Waals surface area contributed by atoms with Gasteiger partial charge in [0.25, 0.3) is 0 Å². The molecule has 0 radical (unpaired) electrons. The predicted molar refractivity (Wildman–Crippen MR) is 428 cm³/mol. The van der Waals surface area contributed by atoms with E-state index < -0.39 is 256 Å². The van der Waals surface area contributed by atoms with Gasteiger partial charge in [0.1, 0.15) is 95.8 Å². The van der Waals surface area contributed by atoms with Gasteiger partial charge in [0.2, 0.25) is 82.7 Å². The Morgan fingerprint density at radius 1 is 0.500 bits per heavy atom. The molecule has 2 saturated heterocycles. The molecule has 14 atom stereocenters. The van der Waals surface area contributed by atoms with Crippen LogP contribution in [0.15, 0.2) is 133 Å². The van der Waals surface area contributed by atoms with E-state index in [2.05, 4.69) is 69.1 Å². The minimum absolute atomic E-state index is 0.0668. The molecular weight excluding hydrogens is 1600 g/mol. The van der Waals surface area contributed by atoms with E-state index in [-0.39, 0.29) is 73.6 Å². The molecule has 2 heterocycles. The Morgan fingerprint density at radius 2 is 0.984 bits per heavy atom. The minimum atomic E-state index is -2.13. The van der Waals surface area contributed by atoms with Gasteiger partial charge in [0.15, 0.2) is 0 Å². The Bertz CT molecular complexity index is 4510. The van der Waals surface area contributed by atoms with Gasteiger partial charge in [-0.1, -0.05) is 97.1 Å². The zero-order valence-electron chi connectivity index (χ0n) is 66.9. The number of phenolic OH excluding ortho intramolecular Hbond substituents is 3. The van der Waals surface area contributed by atoms with E-state index in [1.807, 2.05) is 0 Å². The number of methoxy groups -OCH3 is 1. The maximum absolute atomic E-state index is 15.4. The second kappa shape index (κ2) is 47.2. The van der Waals surface area contributed by atoms with Crippen LogP contribution in [0.2, 0.25) is 0 Å². The van der Waals surface area contributed by atoms with Crippen LogP contribution >= 0.6 is 0 Å². The number of carbonyl (C=O) groups is 17. The summed E-state index contributed by atoms with van der Waals surface area (Å²) in [6, 6.07) is 8.22. The van der Waals surface area contributed by atoms with Crippen molar-refractivity contribution >= 4 is 101 Å². The van der Waals surface area contributed by atoms with Gasteiger partial charge in [0.05, 0.1) is 39.3 Å². The number of aliphatic hydroxyl groups is 3. The lowest BCUT2D eigenvalue weighted by Crippen LogP contribution is -2.62. The van der Waals surface area contributed by atoms with Gasteiger partial charge < -0.3 is 120 Å². The lowest BCUT2D eigenvalue weighted by atomic mass is 10.0. The number of aliphatic carboxylic acids is 2. The van der Waals surface area contributed by atoms with Gasteiger partial charge in [-0.2, -0.15) is 0 Å². The first kappa shape index (κ1) is 95.5. The summed E-state index contributed by atoms with van der Waals surface area (Å²) in [4.78, 5) is 241. The number of ether oxygens (including phenoxy) is 1. The van der Waals surface area contributed by atoms with Crippen LogP contribution < -0.4 is 69.1 Å². The molecule has 122 heavy (non-hydrogen) atoms. The molecule has 14 unspecified atom stereocenters. The van der Waals surface area contributed by atoms with Crippen molar-refractivity contribution < 1.29 is 127 Å². The SMILES string of the molecule is COC(=O)CCC1NC(=O)C(Cc2ccccc2)NC(=O)C(CC(=O)O)NC(=O)C(CO)NC(=O)C2CCCN2C(=O)C(Cc2ccc(O)cc2)NC(=O)C(NC(=O)C(Cc2ccc(O)cc2)NC(=O)C(NC(=O)C(CO)NC(=O)C(Cc2ccccc2)NC(C)=O)C(C)O)CCCCNC(=O)CC(C(=O)NC(Cc2ccc(O)cc2)C(=O)O)NC1=O. The Kier molecular flexibility index (Phi) is 37.0. The Hall–Kier alpha value is -13.6. The van der Waals surface area contributed by atoms with Crippen molar-refractivity contribution in [1.29, 1.82) is 0 Å². The molecule has 0 spiro atoms. The molecule has 2 aliphatic rings. The first-order valence-electron chi connectivity index (χ1n) is 39.1. The van der Waals surface area contributed by atoms with Crippen molar-refractivity contribution in [3.63, 3.8) is 0 Å². The van der Waals surface area contributed by atoms with Crippen molar-refractivity contribution in [2.24, 2.45) is 0 Å². The molecular formula is C82H102N14O26. The molecule has 14 amide bonds. The second-order valence-corrected chi connectivity index (χ2v) is 29.2. The summed E-state index contributed by atoms with van der Waals surface area (Å²) >= 11 is 0. The van der Waals surface area contributed by atoms with Crippen LogP contribution in [0.25, 0.3) is 0 Å². The number of amides is 14. The largest absolute Gasteiger partial charge is 0.508 e. The molecule has 40 heteroatoms. The van der Waals surface area contributed by atoms with Crippen LogP contribution in [0.3, 0.4) is 0 Å². The number of fused-ring (bicyclic) bond motifs is 1. The van der Waals surface area contributed by atoms with Gasteiger partial charge in [-0.15, -0.1) is 0 Å². The van der Waals surface area contributed by atoms with Crippen molar-refractivity contribution in [2.45, 2.75) is 188 Å².